The van der Waals surface area contributed by atoms with Gasteiger partial charge in [-0.05, 0) is 37.1 Å². The Hall–Kier alpha value is -2.48. The lowest BCUT2D eigenvalue weighted by Crippen LogP contribution is -2.49. The molecule has 0 saturated carbocycles. The van der Waals surface area contributed by atoms with Crippen molar-refractivity contribution in [2.24, 2.45) is 7.05 Å². The van der Waals surface area contributed by atoms with Crippen LogP contribution in [0.5, 0.6) is 5.75 Å². The average Bonchev–Trinajstić information content (AvgIpc) is 3.03. The van der Waals surface area contributed by atoms with Gasteiger partial charge in [-0.15, -0.1) is 0 Å². The monoisotopic (exact) mass is 364 g/mol. The first-order valence-corrected chi connectivity index (χ1v) is 8.43. The van der Waals surface area contributed by atoms with Crippen molar-refractivity contribution >= 4 is 5.91 Å². The predicted octanol–water partition coefficient (Wildman–Crippen LogP) is 2.43. The van der Waals surface area contributed by atoms with Crippen molar-refractivity contribution in [2.75, 3.05) is 19.6 Å². The summed E-state index contributed by atoms with van der Waals surface area (Å²) >= 11 is 0. The molecule has 1 unspecified atom stereocenters. The van der Waals surface area contributed by atoms with Crippen LogP contribution in [0.1, 0.15) is 33.4 Å². The number of ether oxygens (including phenoxy) is 1. The zero-order chi connectivity index (χ0) is 18.8. The number of aromatic nitrogens is 2. The summed E-state index contributed by atoms with van der Waals surface area (Å²) in [5.74, 6) is 0.781. The maximum Gasteiger partial charge on any atom is 0.387 e. The number of nitrogens with zero attached hydrogens (tertiary/aromatic N) is 3. The van der Waals surface area contributed by atoms with Crippen LogP contribution >= 0.6 is 0 Å². The fourth-order valence-electron chi connectivity index (χ4n) is 3.39. The molecule has 2 heterocycles. The van der Waals surface area contributed by atoms with Crippen molar-refractivity contribution in [3.8, 4) is 5.75 Å². The Morgan fingerprint density at radius 2 is 2.04 bits per heavy atom. The SMILES string of the molecule is Cc1cc(C(=O)N2CCNCC2c2nccn2C)cc(C)c1OC(F)F. The van der Waals surface area contributed by atoms with Crippen molar-refractivity contribution < 1.29 is 18.3 Å². The van der Waals surface area contributed by atoms with Crippen molar-refractivity contribution in [1.82, 2.24) is 19.8 Å². The number of alkyl halides is 2. The number of piperazine rings is 1. The Labute approximate surface area is 150 Å². The fourth-order valence-corrected chi connectivity index (χ4v) is 3.39. The molecule has 3 rings (SSSR count). The molecule has 1 N–H and O–H groups in total. The average molecular weight is 364 g/mol. The maximum absolute atomic E-state index is 13.1. The highest BCUT2D eigenvalue weighted by atomic mass is 19.3. The predicted molar refractivity (Wildman–Crippen MR) is 92.4 cm³/mol. The lowest BCUT2D eigenvalue weighted by atomic mass is 10.0. The van der Waals surface area contributed by atoms with Gasteiger partial charge in [0.15, 0.2) is 0 Å². The van der Waals surface area contributed by atoms with Crippen LogP contribution in [0.15, 0.2) is 24.5 Å². The zero-order valence-corrected chi connectivity index (χ0v) is 15.0. The Kier molecular flexibility index (Phi) is 5.22. The molecule has 0 bridgehead atoms. The number of rotatable bonds is 4. The quantitative estimate of drug-likeness (QED) is 0.905. The number of hydrogen-bond donors (Lipinski definition) is 1. The normalized spacial score (nSPS) is 17.6. The van der Waals surface area contributed by atoms with Gasteiger partial charge >= 0.3 is 6.61 Å². The topological polar surface area (TPSA) is 59.4 Å². The largest absolute Gasteiger partial charge is 0.434 e. The summed E-state index contributed by atoms with van der Waals surface area (Å²) in [6.45, 7) is 2.28. The van der Waals surface area contributed by atoms with E-state index in [1.165, 1.54) is 0 Å². The molecule has 8 heteroatoms. The molecular weight excluding hydrogens is 342 g/mol. The zero-order valence-electron chi connectivity index (χ0n) is 15.0. The molecular formula is C18H22F2N4O2. The number of carbonyl (C=O) groups excluding carboxylic acids is 1. The summed E-state index contributed by atoms with van der Waals surface area (Å²) in [5.41, 5.74) is 1.48. The third kappa shape index (κ3) is 3.55. The minimum Gasteiger partial charge on any atom is -0.434 e. The molecule has 26 heavy (non-hydrogen) atoms. The molecule has 1 amide bonds. The van der Waals surface area contributed by atoms with Gasteiger partial charge in [-0.25, -0.2) is 4.98 Å². The highest BCUT2D eigenvalue weighted by Crippen LogP contribution is 2.29. The lowest BCUT2D eigenvalue weighted by Gasteiger charge is -2.36. The molecule has 1 aromatic carbocycles. The number of amides is 1. The summed E-state index contributed by atoms with van der Waals surface area (Å²) in [7, 11) is 1.89. The van der Waals surface area contributed by atoms with Crippen LogP contribution in [0.25, 0.3) is 0 Å². The second-order valence-corrected chi connectivity index (χ2v) is 6.43. The third-order valence-electron chi connectivity index (χ3n) is 4.57. The molecule has 1 saturated heterocycles. The van der Waals surface area contributed by atoms with E-state index in [1.807, 2.05) is 17.8 Å². The van der Waals surface area contributed by atoms with Gasteiger partial charge in [0.2, 0.25) is 0 Å². The maximum atomic E-state index is 13.1. The number of imidazole rings is 1. The van der Waals surface area contributed by atoms with E-state index in [0.717, 1.165) is 5.82 Å². The van der Waals surface area contributed by atoms with Crippen LogP contribution in [0.2, 0.25) is 0 Å². The molecule has 6 nitrogen and oxygen atoms in total. The summed E-state index contributed by atoms with van der Waals surface area (Å²) in [6, 6.07) is 3.02. The number of halogens is 2. The van der Waals surface area contributed by atoms with Gasteiger partial charge in [-0.1, -0.05) is 0 Å². The molecule has 0 aliphatic carbocycles. The first kappa shape index (κ1) is 18.3. The van der Waals surface area contributed by atoms with Gasteiger partial charge in [0.1, 0.15) is 17.6 Å². The summed E-state index contributed by atoms with van der Waals surface area (Å²) in [6.07, 6.45) is 3.55. The van der Waals surface area contributed by atoms with Crippen molar-refractivity contribution in [2.45, 2.75) is 26.5 Å². The Bertz CT molecular complexity index is 783. The van der Waals surface area contributed by atoms with E-state index >= 15 is 0 Å². The van der Waals surface area contributed by atoms with E-state index in [-0.39, 0.29) is 17.7 Å². The van der Waals surface area contributed by atoms with E-state index in [9.17, 15) is 13.6 Å². The second-order valence-electron chi connectivity index (χ2n) is 6.43. The van der Waals surface area contributed by atoms with E-state index in [1.54, 1.807) is 37.1 Å². The van der Waals surface area contributed by atoms with Gasteiger partial charge in [-0.2, -0.15) is 8.78 Å². The molecule has 1 aliphatic rings. The van der Waals surface area contributed by atoms with Crippen LogP contribution in [0.3, 0.4) is 0 Å². The van der Waals surface area contributed by atoms with Crippen LogP contribution < -0.4 is 10.1 Å². The highest BCUT2D eigenvalue weighted by Gasteiger charge is 2.31. The van der Waals surface area contributed by atoms with Crippen molar-refractivity contribution in [3.63, 3.8) is 0 Å². The first-order chi connectivity index (χ1) is 12.4. The van der Waals surface area contributed by atoms with Crippen LogP contribution in [0.4, 0.5) is 8.78 Å². The molecule has 1 aromatic heterocycles. The summed E-state index contributed by atoms with van der Waals surface area (Å²) < 4.78 is 31.6. The summed E-state index contributed by atoms with van der Waals surface area (Å²) in [5, 5.41) is 3.29. The molecule has 2 aromatic rings. The Balaban J connectivity index is 1.91. The van der Waals surface area contributed by atoms with Crippen LogP contribution in [0, 0.1) is 13.8 Å². The molecule has 1 atom stereocenters. The number of aryl methyl sites for hydroxylation is 3. The molecule has 1 aliphatic heterocycles. The van der Waals surface area contributed by atoms with Gasteiger partial charge in [0.25, 0.3) is 5.91 Å². The number of carbonyl (C=O) groups is 1. The minimum absolute atomic E-state index is 0.123. The molecule has 1 fully saturated rings. The Morgan fingerprint density at radius 3 is 2.62 bits per heavy atom. The number of benzene rings is 1. The molecule has 140 valence electrons. The van der Waals surface area contributed by atoms with Gasteiger partial charge in [-0.3, -0.25) is 4.79 Å². The number of nitrogens with one attached hydrogen (secondary N) is 1. The van der Waals surface area contributed by atoms with Crippen molar-refractivity contribution in [3.05, 3.63) is 47.0 Å². The van der Waals surface area contributed by atoms with E-state index in [0.29, 0.717) is 36.3 Å². The molecule has 0 spiro atoms. The van der Waals surface area contributed by atoms with Gasteiger partial charge in [0.05, 0.1) is 0 Å². The third-order valence-corrected chi connectivity index (χ3v) is 4.57. The van der Waals surface area contributed by atoms with Crippen LogP contribution in [-0.2, 0) is 7.05 Å². The standard InChI is InChI=1S/C18H22F2N4O2/c1-11-8-13(9-12(2)15(11)26-18(19)20)17(25)24-7-4-21-10-14(24)16-22-5-6-23(16)3/h5-6,8-9,14,18,21H,4,7,10H2,1-3H3. The minimum atomic E-state index is -2.89. The molecule has 0 radical (unpaired) electrons. The van der Waals surface area contributed by atoms with E-state index in [4.69, 9.17) is 0 Å². The highest BCUT2D eigenvalue weighted by molar-refractivity contribution is 5.95. The van der Waals surface area contributed by atoms with Crippen LogP contribution in [-0.4, -0.2) is 46.6 Å². The smallest absolute Gasteiger partial charge is 0.387 e. The number of hydrogen-bond acceptors (Lipinski definition) is 4. The Morgan fingerprint density at radius 1 is 1.35 bits per heavy atom. The second kappa shape index (κ2) is 7.41. The van der Waals surface area contributed by atoms with Crippen molar-refractivity contribution in [1.29, 1.82) is 0 Å². The van der Waals surface area contributed by atoms with E-state index < -0.39 is 6.61 Å². The summed E-state index contributed by atoms with van der Waals surface area (Å²) in [4.78, 5) is 19.3. The fraction of sp³-hybridized carbons (Fsp3) is 0.444. The first-order valence-electron chi connectivity index (χ1n) is 8.43. The van der Waals surface area contributed by atoms with Gasteiger partial charge < -0.3 is 19.5 Å². The van der Waals surface area contributed by atoms with E-state index in [2.05, 4.69) is 15.0 Å². The lowest BCUT2D eigenvalue weighted by molar-refractivity contribution is -0.0507. The van der Waals surface area contributed by atoms with Gasteiger partial charge in [0, 0.05) is 44.6 Å².